The number of hydrogen-bond donors (Lipinski definition) is 1. The molecule has 0 saturated heterocycles. The largest absolute Gasteiger partial charge is 0.395 e. The predicted octanol–water partition coefficient (Wildman–Crippen LogP) is 2.67. The van der Waals surface area contributed by atoms with Crippen molar-refractivity contribution in [3.63, 3.8) is 0 Å². The molecule has 4 nitrogen and oxygen atoms in total. The van der Waals surface area contributed by atoms with Gasteiger partial charge in [-0.25, -0.2) is 0 Å². The van der Waals surface area contributed by atoms with Gasteiger partial charge in [-0.3, -0.25) is 4.90 Å². The van der Waals surface area contributed by atoms with Crippen molar-refractivity contribution < 1.29 is 5.11 Å². The first kappa shape index (κ1) is 13.9. The Hall–Kier alpha value is -1.01. The number of aliphatic hydroxyl groups excluding tert-OH is 1. The monoisotopic (exact) mass is 309 g/mol. The van der Waals surface area contributed by atoms with Crippen molar-refractivity contribution in [1.82, 2.24) is 14.5 Å². The van der Waals surface area contributed by atoms with Crippen molar-refractivity contribution >= 4 is 23.1 Å². The summed E-state index contributed by atoms with van der Waals surface area (Å²) in [5.74, 6) is 0. The Bertz CT molecular complexity index is 589. The summed E-state index contributed by atoms with van der Waals surface area (Å²) in [4.78, 5) is 2.24. The predicted molar refractivity (Wildman–Crippen MR) is 79.9 cm³/mol. The summed E-state index contributed by atoms with van der Waals surface area (Å²) in [5.41, 5.74) is 3.57. The van der Waals surface area contributed by atoms with Gasteiger partial charge in [-0.05, 0) is 24.0 Å². The quantitative estimate of drug-likeness (QED) is 0.922. The first-order valence-corrected chi connectivity index (χ1v) is 7.84. The smallest absolute Gasteiger partial charge is 0.138 e. The van der Waals surface area contributed by atoms with Gasteiger partial charge < -0.3 is 5.11 Å². The van der Waals surface area contributed by atoms with E-state index in [0.717, 1.165) is 18.5 Å². The number of rotatable bonds is 5. The van der Waals surface area contributed by atoms with Crippen molar-refractivity contribution in [3.05, 3.63) is 45.4 Å². The Morgan fingerprint density at radius 3 is 3.00 bits per heavy atom. The van der Waals surface area contributed by atoms with Gasteiger partial charge in [-0.2, -0.15) is 0 Å². The van der Waals surface area contributed by atoms with Crippen LogP contribution in [0, 0.1) is 0 Å². The lowest BCUT2D eigenvalue weighted by atomic mass is 10.1. The topological polar surface area (TPSA) is 49.2 Å². The first-order valence-electron chi connectivity index (χ1n) is 6.69. The minimum absolute atomic E-state index is 0.133. The molecule has 1 atom stereocenters. The Labute approximate surface area is 127 Å². The van der Waals surface area contributed by atoms with Gasteiger partial charge in [0.05, 0.1) is 6.61 Å². The molecule has 0 saturated carbocycles. The Kier molecular flexibility index (Phi) is 4.31. The maximum Gasteiger partial charge on any atom is 0.138 e. The van der Waals surface area contributed by atoms with Crippen molar-refractivity contribution in [2.24, 2.45) is 0 Å². The minimum atomic E-state index is 0.133. The fourth-order valence-corrected chi connectivity index (χ4v) is 3.48. The molecule has 2 aromatic rings. The van der Waals surface area contributed by atoms with Crippen LogP contribution >= 0.6 is 23.1 Å². The maximum absolute atomic E-state index is 9.33. The van der Waals surface area contributed by atoms with Crippen LogP contribution in [0.1, 0.15) is 29.3 Å². The third-order valence-electron chi connectivity index (χ3n) is 3.79. The lowest BCUT2D eigenvalue weighted by molar-refractivity contribution is 0.141. The molecule has 1 aliphatic rings. The fraction of sp³-hybridized carbons (Fsp3) is 0.429. The third-order valence-corrected chi connectivity index (χ3v) is 4.78. The van der Waals surface area contributed by atoms with E-state index in [2.05, 4.69) is 38.8 Å². The van der Waals surface area contributed by atoms with Gasteiger partial charge in [-0.1, -0.05) is 40.4 Å². The van der Waals surface area contributed by atoms with Crippen LogP contribution in [0.2, 0.25) is 4.34 Å². The number of aryl methyl sites for hydroxylation is 1. The number of nitrogens with zero attached hydrogens (tertiary/aromatic N) is 3. The van der Waals surface area contributed by atoms with E-state index in [1.807, 2.05) is 0 Å². The van der Waals surface area contributed by atoms with E-state index in [-0.39, 0.29) is 6.61 Å². The van der Waals surface area contributed by atoms with E-state index < -0.39 is 0 Å². The molecule has 3 rings (SSSR count). The van der Waals surface area contributed by atoms with Gasteiger partial charge in [0.25, 0.3) is 0 Å². The summed E-state index contributed by atoms with van der Waals surface area (Å²) in [6, 6.07) is 8.85. The second-order valence-corrected chi connectivity index (χ2v) is 6.30. The number of halogens is 1. The van der Waals surface area contributed by atoms with E-state index in [1.54, 1.807) is 0 Å². The van der Waals surface area contributed by atoms with E-state index in [9.17, 15) is 5.11 Å². The zero-order valence-electron chi connectivity index (χ0n) is 11.0. The standard InChI is InChI=1S/C14H16ClN3OS/c15-14-12(16-17-20-14)9-18(7-8-19)13-6-5-10-3-1-2-4-11(10)13/h1-4,13,19H,5-9H2. The van der Waals surface area contributed by atoms with Gasteiger partial charge in [0, 0.05) is 30.7 Å². The second-order valence-electron chi connectivity index (χ2n) is 4.94. The molecule has 1 aromatic carbocycles. The molecule has 1 aliphatic carbocycles. The van der Waals surface area contributed by atoms with Gasteiger partial charge in [0.15, 0.2) is 0 Å². The van der Waals surface area contributed by atoms with Crippen LogP contribution in [-0.2, 0) is 13.0 Å². The van der Waals surface area contributed by atoms with Crippen molar-refractivity contribution in [2.75, 3.05) is 13.2 Å². The maximum atomic E-state index is 9.33. The van der Waals surface area contributed by atoms with Gasteiger partial charge in [0.2, 0.25) is 0 Å². The number of fused-ring (bicyclic) bond motifs is 1. The van der Waals surface area contributed by atoms with Crippen LogP contribution in [0.4, 0.5) is 0 Å². The van der Waals surface area contributed by atoms with Crippen molar-refractivity contribution in [1.29, 1.82) is 0 Å². The summed E-state index contributed by atoms with van der Waals surface area (Å²) >= 11 is 7.30. The van der Waals surface area contributed by atoms with Crippen LogP contribution in [-0.4, -0.2) is 32.7 Å². The van der Waals surface area contributed by atoms with Crippen molar-refractivity contribution in [3.8, 4) is 0 Å². The number of aromatic nitrogens is 2. The molecule has 1 unspecified atom stereocenters. The molecule has 0 amide bonds. The van der Waals surface area contributed by atoms with E-state index >= 15 is 0 Å². The summed E-state index contributed by atoms with van der Waals surface area (Å²) in [5, 5.41) is 13.4. The number of aliphatic hydroxyl groups is 1. The zero-order valence-corrected chi connectivity index (χ0v) is 12.6. The normalized spacial score (nSPS) is 17.6. The highest BCUT2D eigenvalue weighted by atomic mass is 35.5. The van der Waals surface area contributed by atoms with Gasteiger partial charge in [0.1, 0.15) is 10.0 Å². The molecule has 1 aromatic heterocycles. The lowest BCUT2D eigenvalue weighted by Crippen LogP contribution is -2.30. The van der Waals surface area contributed by atoms with Crippen LogP contribution in [0.5, 0.6) is 0 Å². The highest BCUT2D eigenvalue weighted by Gasteiger charge is 2.28. The highest BCUT2D eigenvalue weighted by molar-refractivity contribution is 7.10. The number of benzene rings is 1. The van der Waals surface area contributed by atoms with Crippen LogP contribution in [0.15, 0.2) is 24.3 Å². The fourth-order valence-electron chi connectivity index (χ4n) is 2.87. The second kappa shape index (κ2) is 6.18. The average Bonchev–Trinajstić information content (AvgIpc) is 3.05. The molecule has 20 heavy (non-hydrogen) atoms. The Balaban J connectivity index is 1.83. The molecule has 6 heteroatoms. The molecule has 106 valence electrons. The SMILES string of the molecule is OCCN(Cc1nnsc1Cl)C1CCc2ccccc21. The van der Waals surface area contributed by atoms with E-state index in [0.29, 0.717) is 23.5 Å². The molecule has 0 radical (unpaired) electrons. The van der Waals surface area contributed by atoms with Gasteiger partial charge >= 0.3 is 0 Å². The summed E-state index contributed by atoms with van der Waals surface area (Å²) in [6.07, 6.45) is 2.17. The van der Waals surface area contributed by atoms with E-state index in [1.165, 1.54) is 22.7 Å². The van der Waals surface area contributed by atoms with Gasteiger partial charge in [-0.15, -0.1) is 5.10 Å². The number of hydrogen-bond acceptors (Lipinski definition) is 5. The van der Waals surface area contributed by atoms with E-state index in [4.69, 9.17) is 11.6 Å². The zero-order chi connectivity index (χ0) is 13.9. The molecule has 0 bridgehead atoms. The van der Waals surface area contributed by atoms with Crippen LogP contribution in [0.25, 0.3) is 0 Å². The molecule has 1 heterocycles. The van der Waals surface area contributed by atoms with Crippen LogP contribution in [0.3, 0.4) is 0 Å². The Morgan fingerprint density at radius 1 is 1.40 bits per heavy atom. The molecule has 0 aliphatic heterocycles. The molecule has 1 N–H and O–H groups in total. The average molecular weight is 310 g/mol. The third kappa shape index (κ3) is 2.72. The Morgan fingerprint density at radius 2 is 2.25 bits per heavy atom. The first-order chi connectivity index (χ1) is 9.79. The summed E-state index contributed by atoms with van der Waals surface area (Å²) in [6.45, 7) is 1.38. The molecule has 0 spiro atoms. The molecular weight excluding hydrogens is 294 g/mol. The highest BCUT2D eigenvalue weighted by Crippen LogP contribution is 2.36. The lowest BCUT2D eigenvalue weighted by Gasteiger charge is -2.28. The summed E-state index contributed by atoms with van der Waals surface area (Å²) < 4.78 is 4.51. The van der Waals surface area contributed by atoms with Crippen LogP contribution < -0.4 is 0 Å². The van der Waals surface area contributed by atoms with Crippen molar-refractivity contribution in [2.45, 2.75) is 25.4 Å². The molecule has 0 fully saturated rings. The minimum Gasteiger partial charge on any atom is -0.395 e. The molecular formula is C14H16ClN3OS. The summed E-state index contributed by atoms with van der Waals surface area (Å²) in [7, 11) is 0.